The van der Waals surface area contributed by atoms with Gasteiger partial charge in [0.2, 0.25) is 0 Å². The summed E-state index contributed by atoms with van der Waals surface area (Å²) in [7, 11) is -3.75. The molecule has 1 atom stereocenters. The molecule has 56 valence electrons. The summed E-state index contributed by atoms with van der Waals surface area (Å²) in [6.45, 7) is 0.570. The zero-order valence-electron chi connectivity index (χ0n) is 4.99. The lowest BCUT2D eigenvalue weighted by molar-refractivity contribution is 0.258. The van der Waals surface area contributed by atoms with E-state index in [-0.39, 0.29) is 6.61 Å². The fourth-order valence-electron chi connectivity index (χ4n) is 0.279. The fourth-order valence-corrected chi connectivity index (χ4v) is 0.669. The summed E-state index contributed by atoms with van der Waals surface area (Å²) >= 11 is 0. The van der Waals surface area contributed by atoms with Crippen LogP contribution in [-0.2, 0) is 9.09 Å². The molecule has 0 aromatic carbocycles. The molecule has 0 fully saturated rings. The molecule has 6 heteroatoms. The molecule has 0 saturated carbocycles. The third-order valence-electron chi connectivity index (χ3n) is 0.625. The summed E-state index contributed by atoms with van der Waals surface area (Å²) < 4.78 is 14.4. The molecule has 0 aliphatic rings. The first-order valence-electron chi connectivity index (χ1n) is 2.52. The molecule has 0 amide bonds. The van der Waals surface area contributed by atoms with Crippen LogP contribution in [-0.4, -0.2) is 18.0 Å². The molecule has 9 heavy (non-hydrogen) atoms. The largest absolute Gasteiger partial charge is 0.400 e. The highest BCUT2D eigenvalue weighted by Gasteiger charge is 2.08. The molecule has 1 unspecified atom stereocenters. The molecule has 0 aliphatic heterocycles. The molecule has 0 rings (SSSR count). The monoisotopic (exact) mass is 154 g/mol. The van der Waals surface area contributed by atoms with Crippen LogP contribution < -0.4 is 11.2 Å². The van der Waals surface area contributed by atoms with E-state index < -0.39 is 7.75 Å². The predicted octanol–water partition coefficient (Wildman–Crippen LogP) is -0.589. The highest BCUT2D eigenvalue weighted by Crippen LogP contribution is 2.30. The average Bonchev–Trinajstić information content (AvgIpc) is 1.63. The van der Waals surface area contributed by atoms with Gasteiger partial charge in [-0.1, -0.05) is 0 Å². The molecular formula is C3H11N2O3P. The van der Waals surface area contributed by atoms with E-state index in [0.29, 0.717) is 13.0 Å². The summed E-state index contributed by atoms with van der Waals surface area (Å²) in [5.41, 5.74) is 9.69. The van der Waals surface area contributed by atoms with Gasteiger partial charge in [-0.25, -0.2) is 10.1 Å². The van der Waals surface area contributed by atoms with Crippen LogP contribution in [0.25, 0.3) is 0 Å². The molecule has 0 bridgehead atoms. The zero-order valence-corrected chi connectivity index (χ0v) is 5.88. The third kappa shape index (κ3) is 8.07. The van der Waals surface area contributed by atoms with Crippen molar-refractivity contribution in [3.63, 3.8) is 0 Å². The second-order valence-corrected chi connectivity index (χ2v) is 2.93. The molecule has 0 saturated heterocycles. The smallest absolute Gasteiger partial charge is 0.330 e. The zero-order chi connectivity index (χ0) is 7.33. The van der Waals surface area contributed by atoms with E-state index in [9.17, 15) is 4.57 Å². The fraction of sp³-hybridized carbons (Fsp3) is 1.00. The van der Waals surface area contributed by atoms with Crippen LogP contribution in [0.4, 0.5) is 0 Å². The van der Waals surface area contributed by atoms with Crippen LogP contribution >= 0.6 is 7.75 Å². The molecule has 0 radical (unpaired) electrons. The van der Waals surface area contributed by atoms with Crippen LogP contribution in [0.3, 0.4) is 0 Å². The van der Waals surface area contributed by atoms with Crippen molar-refractivity contribution in [2.45, 2.75) is 6.42 Å². The molecule has 0 aromatic heterocycles. The minimum atomic E-state index is -3.75. The summed E-state index contributed by atoms with van der Waals surface area (Å²) in [6, 6.07) is 0. The van der Waals surface area contributed by atoms with Crippen molar-refractivity contribution >= 4 is 7.75 Å². The van der Waals surface area contributed by atoms with E-state index in [2.05, 4.69) is 10.0 Å². The highest BCUT2D eigenvalue weighted by atomic mass is 31.2. The van der Waals surface area contributed by atoms with Crippen molar-refractivity contribution in [1.82, 2.24) is 0 Å². The van der Waals surface area contributed by atoms with E-state index in [1.807, 2.05) is 0 Å². The van der Waals surface area contributed by atoms with Crippen molar-refractivity contribution in [3.8, 4) is 0 Å². The molecular weight excluding hydrogens is 143 g/mol. The summed E-state index contributed by atoms with van der Waals surface area (Å²) in [5, 5.41) is 0. The van der Waals surface area contributed by atoms with Crippen molar-refractivity contribution in [2.24, 2.45) is 11.2 Å². The molecule has 0 aromatic rings. The van der Waals surface area contributed by atoms with Gasteiger partial charge in [0.05, 0.1) is 6.61 Å². The van der Waals surface area contributed by atoms with Gasteiger partial charge < -0.3 is 10.6 Å². The Labute approximate surface area is 53.6 Å². The van der Waals surface area contributed by atoms with Crippen LogP contribution in [0, 0.1) is 0 Å². The molecule has 0 heterocycles. The van der Waals surface area contributed by atoms with Gasteiger partial charge in [0.1, 0.15) is 0 Å². The van der Waals surface area contributed by atoms with E-state index in [1.54, 1.807) is 0 Å². The van der Waals surface area contributed by atoms with Crippen LogP contribution in [0.15, 0.2) is 0 Å². The number of rotatable bonds is 4. The first-order chi connectivity index (χ1) is 4.06. The second kappa shape index (κ2) is 3.98. The van der Waals surface area contributed by atoms with Gasteiger partial charge in [-0.15, -0.1) is 0 Å². The Morgan fingerprint density at radius 3 is 2.56 bits per heavy atom. The molecule has 5 N–H and O–H groups in total. The minimum absolute atomic E-state index is 0.140. The summed E-state index contributed by atoms with van der Waals surface area (Å²) in [4.78, 5) is 8.31. The first kappa shape index (κ1) is 9.07. The molecule has 0 aliphatic carbocycles. The Morgan fingerprint density at radius 2 is 2.22 bits per heavy atom. The lowest BCUT2D eigenvalue weighted by atomic mass is 10.5. The van der Waals surface area contributed by atoms with E-state index in [1.165, 1.54) is 0 Å². The topological polar surface area (TPSA) is 98.6 Å². The Hall–Kier alpha value is 0.0700. The highest BCUT2D eigenvalue weighted by molar-refractivity contribution is 7.50. The Morgan fingerprint density at radius 1 is 1.67 bits per heavy atom. The summed E-state index contributed by atoms with van der Waals surface area (Å²) in [5.74, 6) is 0. The molecule has 0 spiro atoms. The Bertz CT molecular complexity index is 112. The Balaban J connectivity index is 3.18. The Kier molecular flexibility index (Phi) is 4.01. The van der Waals surface area contributed by atoms with E-state index in [0.717, 1.165) is 0 Å². The predicted molar refractivity (Wildman–Crippen MR) is 33.6 cm³/mol. The number of hydrogen-bond donors (Lipinski definition) is 3. The number of hydrogen-bond acceptors (Lipinski definition) is 3. The van der Waals surface area contributed by atoms with Gasteiger partial charge in [-0.05, 0) is 13.0 Å². The quantitative estimate of drug-likeness (QED) is 0.371. The van der Waals surface area contributed by atoms with Crippen molar-refractivity contribution in [2.75, 3.05) is 13.2 Å². The number of nitrogens with two attached hydrogens (primary N) is 2. The van der Waals surface area contributed by atoms with E-state index >= 15 is 0 Å². The van der Waals surface area contributed by atoms with E-state index in [4.69, 9.17) is 10.6 Å². The lowest BCUT2D eigenvalue weighted by Crippen LogP contribution is -2.05. The van der Waals surface area contributed by atoms with Crippen LogP contribution in [0.5, 0.6) is 0 Å². The minimum Gasteiger partial charge on any atom is -0.330 e. The van der Waals surface area contributed by atoms with Crippen molar-refractivity contribution in [3.05, 3.63) is 0 Å². The maximum absolute atomic E-state index is 10.2. The maximum atomic E-state index is 10.2. The average molecular weight is 154 g/mol. The normalized spacial score (nSPS) is 17.2. The van der Waals surface area contributed by atoms with Gasteiger partial charge in [0.25, 0.3) is 0 Å². The SMILES string of the molecule is NCCCOP(N)(=O)O. The first-order valence-corrected chi connectivity index (χ1v) is 4.17. The second-order valence-electron chi connectivity index (χ2n) is 1.54. The van der Waals surface area contributed by atoms with Crippen LogP contribution in [0.1, 0.15) is 6.42 Å². The lowest BCUT2D eigenvalue weighted by Gasteiger charge is -2.03. The molecule has 5 nitrogen and oxygen atoms in total. The van der Waals surface area contributed by atoms with Gasteiger partial charge in [-0.3, -0.25) is 4.52 Å². The maximum Gasteiger partial charge on any atom is 0.400 e. The third-order valence-corrected chi connectivity index (χ3v) is 1.18. The summed E-state index contributed by atoms with van der Waals surface area (Å²) in [6.07, 6.45) is 0.543. The van der Waals surface area contributed by atoms with Gasteiger partial charge in [0, 0.05) is 0 Å². The van der Waals surface area contributed by atoms with Gasteiger partial charge >= 0.3 is 7.75 Å². The van der Waals surface area contributed by atoms with Crippen molar-refractivity contribution < 1.29 is 14.0 Å². The van der Waals surface area contributed by atoms with Crippen LogP contribution in [0.2, 0.25) is 0 Å². The van der Waals surface area contributed by atoms with Gasteiger partial charge in [0.15, 0.2) is 0 Å². The standard InChI is InChI=1S/C3H11N2O3P/c4-2-1-3-8-9(5,6)7/h1-4H2,(H3,5,6,7). The van der Waals surface area contributed by atoms with Crippen molar-refractivity contribution in [1.29, 1.82) is 0 Å². The van der Waals surface area contributed by atoms with Gasteiger partial charge in [-0.2, -0.15) is 0 Å².